The molecule has 1 aliphatic rings. The summed E-state index contributed by atoms with van der Waals surface area (Å²) in [5.41, 5.74) is 0.311. The zero-order valence-electron chi connectivity index (χ0n) is 15.7. The van der Waals surface area contributed by atoms with Gasteiger partial charge in [-0.05, 0) is 36.5 Å². The first-order valence-electron chi connectivity index (χ1n) is 9.27. The second kappa shape index (κ2) is 7.48. The van der Waals surface area contributed by atoms with Gasteiger partial charge in [0.05, 0.1) is 10.4 Å². The summed E-state index contributed by atoms with van der Waals surface area (Å²) in [5, 5.41) is 4.06. The molecular weight excluding hydrogens is 350 g/mol. The van der Waals surface area contributed by atoms with Crippen LogP contribution in [-0.4, -0.2) is 18.6 Å². The lowest BCUT2D eigenvalue weighted by Crippen LogP contribution is -2.46. The van der Waals surface area contributed by atoms with E-state index >= 15 is 0 Å². The van der Waals surface area contributed by atoms with E-state index in [4.69, 9.17) is 4.52 Å². The standard InChI is InChI=1S/C19H27N3O3S/c1-14(2)16-8-10-17(11-9-16)26(23,24)22-19(12-6-4-5-7-13-19)18-20-15(3)25-21-18/h8-11,14,22H,4-7,12-13H2,1-3H3. The van der Waals surface area contributed by atoms with Gasteiger partial charge in [-0.3, -0.25) is 0 Å². The fraction of sp³-hybridized carbons (Fsp3) is 0.579. The molecular formula is C19H27N3O3S. The van der Waals surface area contributed by atoms with E-state index in [1.807, 2.05) is 12.1 Å². The highest BCUT2D eigenvalue weighted by Crippen LogP contribution is 2.36. The average molecular weight is 378 g/mol. The predicted molar refractivity (Wildman–Crippen MR) is 99.3 cm³/mol. The van der Waals surface area contributed by atoms with E-state index in [0.717, 1.165) is 31.2 Å². The molecule has 1 fully saturated rings. The van der Waals surface area contributed by atoms with Gasteiger partial charge in [-0.1, -0.05) is 56.8 Å². The minimum Gasteiger partial charge on any atom is -0.340 e. The highest BCUT2D eigenvalue weighted by molar-refractivity contribution is 7.89. The van der Waals surface area contributed by atoms with E-state index in [2.05, 4.69) is 28.7 Å². The fourth-order valence-electron chi connectivity index (χ4n) is 3.55. The fourth-order valence-corrected chi connectivity index (χ4v) is 4.97. The highest BCUT2D eigenvalue weighted by atomic mass is 32.2. The normalized spacial score (nSPS) is 18.0. The lowest BCUT2D eigenvalue weighted by atomic mass is 9.91. The number of sulfonamides is 1. The zero-order chi connectivity index (χ0) is 18.8. The number of nitrogens with one attached hydrogen (secondary N) is 1. The van der Waals surface area contributed by atoms with Crippen LogP contribution in [0.5, 0.6) is 0 Å². The summed E-state index contributed by atoms with van der Waals surface area (Å²) < 4.78 is 34.2. The number of hydrogen-bond donors (Lipinski definition) is 1. The third-order valence-electron chi connectivity index (χ3n) is 5.10. The van der Waals surface area contributed by atoms with Crippen LogP contribution in [0.1, 0.15) is 75.6 Å². The van der Waals surface area contributed by atoms with Crippen LogP contribution in [0.25, 0.3) is 0 Å². The van der Waals surface area contributed by atoms with Gasteiger partial charge in [-0.2, -0.15) is 9.71 Å². The van der Waals surface area contributed by atoms with Crippen LogP contribution in [0, 0.1) is 6.92 Å². The molecule has 0 saturated heterocycles. The molecule has 7 heteroatoms. The van der Waals surface area contributed by atoms with Crippen LogP contribution < -0.4 is 4.72 Å². The van der Waals surface area contributed by atoms with Crippen molar-refractivity contribution in [3.63, 3.8) is 0 Å². The lowest BCUT2D eigenvalue weighted by Gasteiger charge is -2.30. The van der Waals surface area contributed by atoms with Crippen molar-refractivity contribution in [1.82, 2.24) is 14.9 Å². The summed E-state index contributed by atoms with van der Waals surface area (Å²) >= 11 is 0. The monoisotopic (exact) mass is 377 g/mol. The van der Waals surface area contributed by atoms with Gasteiger partial charge in [0, 0.05) is 6.92 Å². The first-order valence-corrected chi connectivity index (χ1v) is 10.8. The second-order valence-electron chi connectivity index (χ2n) is 7.46. The van der Waals surface area contributed by atoms with Crippen LogP contribution in [-0.2, 0) is 15.6 Å². The van der Waals surface area contributed by atoms with Crippen molar-refractivity contribution in [3.8, 4) is 0 Å². The maximum absolute atomic E-state index is 13.1. The molecule has 0 spiro atoms. The van der Waals surface area contributed by atoms with E-state index in [9.17, 15) is 8.42 Å². The Balaban J connectivity index is 1.94. The maximum atomic E-state index is 13.1. The molecule has 26 heavy (non-hydrogen) atoms. The van der Waals surface area contributed by atoms with Gasteiger partial charge in [0.25, 0.3) is 0 Å². The predicted octanol–water partition coefficient (Wildman–Crippen LogP) is 4.03. The summed E-state index contributed by atoms with van der Waals surface area (Å²) in [6, 6.07) is 7.09. The van der Waals surface area contributed by atoms with Crippen molar-refractivity contribution in [3.05, 3.63) is 41.5 Å². The minimum atomic E-state index is -3.69. The van der Waals surface area contributed by atoms with E-state index in [-0.39, 0.29) is 4.90 Å². The number of hydrogen-bond acceptors (Lipinski definition) is 5. The molecule has 3 rings (SSSR count). The smallest absolute Gasteiger partial charge is 0.241 e. The summed E-state index contributed by atoms with van der Waals surface area (Å²) in [7, 11) is -3.69. The van der Waals surface area contributed by atoms with Gasteiger partial charge in [0.1, 0.15) is 0 Å². The summed E-state index contributed by atoms with van der Waals surface area (Å²) in [5.74, 6) is 1.25. The van der Waals surface area contributed by atoms with Gasteiger partial charge in [-0.25, -0.2) is 8.42 Å². The van der Waals surface area contributed by atoms with Gasteiger partial charge in [0.2, 0.25) is 15.9 Å². The number of nitrogens with zero attached hydrogens (tertiary/aromatic N) is 2. The first-order chi connectivity index (χ1) is 12.3. The molecule has 1 aromatic carbocycles. The molecule has 1 aliphatic carbocycles. The largest absolute Gasteiger partial charge is 0.340 e. The lowest BCUT2D eigenvalue weighted by molar-refractivity contribution is 0.301. The third-order valence-corrected chi connectivity index (χ3v) is 6.65. The van der Waals surface area contributed by atoms with Crippen molar-refractivity contribution in [2.24, 2.45) is 0 Å². The Bertz CT molecular complexity index is 833. The Morgan fingerprint density at radius 1 is 1.08 bits per heavy atom. The quantitative estimate of drug-likeness (QED) is 0.795. The Morgan fingerprint density at radius 3 is 2.19 bits per heavy atom. The Labute approximate surface area is 155 Å². The molecule has 0 atom stereocenters. The molecule has 1 N–H and O–H groups in total. The van der Waals surface area contributed by atoms with Crippen molar-refractivity contribution in [2.75, 3.05) is 0 Å². The van der Waals surface area contributed by atoms with E-state index < -0.39 is 15.6 Å². The minimum absolute atomic E-state index is 0.269. The van der Waals surface area contributed by atoms with Gasteiger partial charge < -0.3 is 4.52 Å². The molecule has 0 amide bonds. The van der Waals surface area contributed by atoms with E-state index in [0.29, 0.717) is 30.5 Å². The number of rotatable bonds is 5. The molecule has 0 aliphatic heterocycles. The summed E-state index contributed by atoms with van der Waals surface area (Å²) in [6.07, 6.45) is 5.39. The highest BCUT2D eigenvalue weighted by Gasteiger charge is 2.41. The molecule has 6 nitrogen and oxygen atoms in total. The molecule has 0 unspecified atom stereocenters. The molecule has 142 valence electrons. The van der Waals surface area contributed by atoms with Crippen molar-refractivity contribution in [1.29, 1.82) is 0 Å². The van der Waals surface area contributed by atoms with Crippen molar-refractivity contribution >= 4 is 10.0 Å². The van der Waals surface area contributed by atoms with Crippen molar-refractivity contribution in [2.45, 2.75) is 75.6 Å². The number of aryl methyl sites for hydroxylation is 1. The number of aromatic nitrogens is 2. The SMILES string of the molecule is Cc1nc(C2(NS(=O)(=O)c3ccc(C(C)C)cc3)CCCCCC2)no1. The molecule has 2 aromatic rings. The molecule has 0 radical (unpaired) electrons. The van der Waals surface area contributed by atoms with Crippen LogP contribution in [0.15, 0.2) is 33.7 Å². The van der Waals surface area contributed by atoms with Crippen molar-refractivity contribution < 1.29 is 12.9 Å². The molecule has 0 bridgehead atoms. The summed E-state index contributed by atoms with van der Waals surface area (Å²) in [4.78, 5) is 4.63. The van der Waals surface area contributed by atoms with Gasteiger partial charge >= 0.3 is 0 Å². The van der Waals surface area contributed by atoms with Crippen LogP contribution in [0.3, 0.4) is 0 Å². The molecule has 1 saturated carbocycles. The number of benzene rings is 1. The Hall–Kier alpha value is -1.73. The zero-order valence-corrected chi connectivity index (χ0v) is 16.5. The van der Waals surface area contributed by atoms with Gasteiger partial charge in [-0.15, -0.1) is 0 Å². The average Bonchev–Trinajstić information content (AvgIpc) is 2.91. The van der Waals surface area contributed by atoms with E-state index in [1.54, 1.807) is 19.1 Å². The van der Waals surface area contributed by atoms with Gasteiger partial charge in [0.15, 0.2) is 5.82 Å². The van der Waals surface area contributed by atoms with E-state index in [1.165, 1.54) is 0 Å². The Morgan fingerprint density at radius 2 is 1.69 bits per heavy atom. The topological polar surface area (TPSA) is 85.1 Å². The maximum Gasteiger partial charge on any atom is 0.241 e. The summed E-state index contributed by atoms with van der Waals surface area (Å²) in [6.45, 7) is 5.89. The third kappa shape index (κ3) is 3.99. The van der Waals surface area contributed by atoms with Crippen LogP contribution >= 0.6 is 0 Å². The Kier molecular flexibility index (Phi) is 5.48. The molecule has 1 aromatic heterocycles. The molecule has 1 heterocycles. The van der Waals surface area contributed by atoms with Crippen LogP contribution in [0.2, 0.25) is 0 Å². The van der Waals surface area contributed by atoms with Crippen LogP contribution in [0.4, 0.5) is 0 Å². The first kappa shape index (κ1) is 19.0. The second-order valence-corrected chi connectivity index (χ2v) is 9.14.